The van der Waals surface area contributed by atoms with Crippen molar-refractivity contribution in [3.8, 4) is 0 Å². The molecular weight excluding hydrogens is 247 g/mol. The first-order valence-corrected chi connectivity index (χ1v) is 6.43. The van der Waals surface area contributed by atoms with Crippen molar-refractivity contribution < 1.29 is 13.9 Å². The molecule has 1 saturated heterocycles. The minimum Gasteiger partial charge on any atom is -0.379 e. The van der Waals surface area contributed by atoms with Gasteiger partial charge in [-0.1, -0.05) is 12.1 Å². The molecule has 1 amide bonds. The third-order valence-electron chi connectivity index (χ3n) is 3.61. The maximum absolute atomic E-state index is 12.9. The molecular formula is C14H19FN2O2. The van der Waals surface area contributed by atoms with Gasteiger partial charge in [-0.3, -0.25) is 4.79 Å². The molecule has 1 aromatic carbocycles. The minimum atomic E-state index is -0.425. The van der Waals surface area contributed by atoms with E-state index in [1.165, 1.54) is 12.1 Å². The summed E-state index contributed by atoms with van der Waals surface area (Å²) in [5.74, 6) is -0.777. The second kappa shape index (κ2) is 6.12. The van der Waals surface area contributed by atoms with Crippen LogP contribution in [0, 0.1) is 5.82 Å². The number of hydrogen-bond donors (Lipinski definition) is 1. The smallest absolute Gasteiger partial charge is 0.231 e. The summed E-state index contributed by atoms with van der Waals surface area (Å²) in [6, 6.07) is 6.04. The highest BCUT2D eigenvalue weighted by Gasteiger charge is 2.29. The summed E-state index contributed by atoms with van der Waals surface area (Å²) < 4.78 is 18.2. The predicted molar refractivity (Wildman–Crippen MR) is 70.2 cm³/mol. The molecule has 2 atom stereocenters. The Hall–Kier alpha value is -1.46. The Kier molecular flexibility index (Phi) is 4.50. The largest absolute Gasteiger partial charge is 0.379 e. The molecule has 0 radical (unpaired) electrons. The number of rotatable bonds is 4. The monoisotopic (exact) mass is 266 g/mol. The lowest BCUT2D eigenvalue weighted by Gasteiger charge is -2.27. The van der Waals surface area contributed by atoms with E-state index in [0.717, 1.165) is 12.0 Å². The zero-order valence-corrected chi connectivity index (χ0v) is 11.0. The molecule has 2 rings (SSSR count). The number of nitrogens with zero attached hydrogens (tertiary/aromatic N) is 1. The van der Waals surface area contributed by atoms with E-state index in [9.17, 15) is 9.18 Å². The van der Waals surface area contributed by atoms with Gasteiger partial charge < -0.3 is 15.4 Å². The maximum atomic E-state index is 12.9. The van der Waals surface area contributed by atoms with Crippen molar-refractivity contribution in [1.29, 1.82) is 0 Å². The molecule has 5 heteroatoms. The number of carbonyl (C=O) groups excluding carboxylic acids is 1. The standard InChI is InChI=1S/C14H19FN2O2/c1-17(12-6-7-19-9-12)14(18)13(8-16)10-2-4-11(15)5-3-10/h2-5,12-13H,6-9,16H2,1H3/t12-,13+/m1/s1. The van der Waals surface area contributed by atoms with E-state index in [4.69, 9.17) is 10.5 Å². The quantitative estimate of drug-likeness (QED) is 0.888. The van der Waals surface area contributed by atoms with Crippen LogP contribution in [0.4, 0.5) is 4.39 Å². The van der Waals surface area contributed by atoms with Crippen molar-refractivity contribution in [3.63, 3.8) is 0 Å². The van der Waals surface area contributed by atoms with Crippen molar-refractivity contribution in [2.75, 3.05) is 26.8 Å². The second-order valence-electron chi connectivity index (χ2n) is 4.81. The Bertz CT molecular complexity index is 430. The number of amides is 1. The Morgan fingerprint density at radius 1 is 1.53 bits per heavy atom. The van der Waals surface area contributed by atoms with Crippen molar-refractivity contribution in [3.05, 3.63) is 35.6 Å². The Morgan fingerprint density at radius 3 is 2.74 bits per heavy atom. The van der Waals surface area contributed by atoms with E-state index in [-0.39, 0.29) is 24.3 Å². The van der Waals surface area contributed by atoms with E-state index in [0.29, 0.717) is 13.2 Å². The average Bonchev–Trinajstić information content (AvgIpc) is 2.94. The van der Waals surface area contributed by atoms with E-state index >= 15 is 0 Å². The zero-order chi connectivity index (χ0) is 13.8. The number of carbonyl (C=O) groups is 1. The van der Waals surface area contributed by atoms with Crippen LogP contribution < -0.4 is 5.73 Å². The lowest BCUT2D eigenvalue weighted by atomic mass is 9.97. The minimum absolute atomic E-state index is 0.0374. The first kappa shape index (κ1) is 14.0. The van der Waals surface area contributed by atoms with Crippen LogP contribution in [0.1, 0.15) is 17.9 Å². The summed E-state index contributed by atoms with van der Waals surface area (Å²) >= 11 is 0. The number of likely N-dealkylation sites (N-methyl/N-ethyl adjacent to an activating group) is 1. The van der Waals surface area contributed by atoms with Crippen LogP contribution in [0.15, 0.2) is 24.3 Å². The Labute approximate surface area is 112 Å². The van der Waals surface area contributed by atoms with Crippen molar-refractivity contribution in [2.24, 2.45) is 5.73 Å². The van der Waals surface area contributed by atoms with Crippen LogP contribution in [0.2, 0.25) is 0 Å². The van der Waals surface area contributed by atoms with Gasteiger partial charge in [0.1, 0.15) is 5.82 Å². The van der Waals surface area contributed by atoms with Gasteiger partial charge in [0.2, 0.25) is 5.91 Å². The Morgan fingerprint density at radius 2 is 2.21 bits per heavy atom. The molecule has 1 fully saturated rings. The van der Waals surface area contributed by atoms with Gasteiger partial charge in [-0.05, 0) is 24.1 Å². The van der Waals surface area contributed by atoms with Crippen LogP contribution in [-0.4, -0.2) is 43.7 Å². The van der Waals surface area contributed by atoms with E-state index < -0.39 is 5.92 Å². The zero-order valence-electron chi connectivity index (χ0n) is 11.0. The highest BCUT2D eigenvalue weighted by molar-refractivity contribution is 5.84. The first-order valence-electron chi connectivity index (χ1n) is 6.43. The normalized spacial score (nSPS) is 20.3. The lowest BCUT2D eigenvalue weighted by Crippen LogP contribution is -2.42. The number of hydrogen-bond acceptors (Lipinski definition) is 3. The molecule has 1 aromatic rings. The van der Waals surface area contributed by atoms with Crippen LogP contribution >= 0.6 is 0 Å². The van der Waals surface area contributed by atoms with Crippen LogP contribution in [0.3, 0.4) is 0 Å². The summed E-state index contributed by atoms with van der Waals surface area (Å²) in [6.07, 6.45) is 0.850. The Balaban J connectivity index is 2.12. The summed E-state index contributed by atoms with van der Waals surface area (Å²) in [5, 5.41) is 0. The third kappa shape index (κ3) is 3.11. The summed E-state index contributed by atoms with van der Waals surface area (Å²) in [4.78, 5) is 14.1. The second-order valence-corrected chi connectivity index (χ2v) is 4.81. The molecule has 1 aliphatic heterocycles. The fraction of sp³-hybridized carbons (Fsp3) is 0.500. The van der Waals surface area contributed by atoms with Crippen LogP contribution in [-0.2, 0) is 9.53 Å². The summed E-state index contributed by atoms with van der Waals surface area (Å²) in [6.45, 7) is 1.47. The molecule has 0 unspecified atom stereocenters. The molecule has 4 nitrogen and oxygen atoms in total. The molecule has 104 valence electrons. The molecule has 0 saturated carbocycles. The van der Waals surface area contributed by atoms with Crippen molar-refractivity contribution in [1.82, 2.24) is 4.90 Å². The van der Waals surface area contributed by atoms with Crippen LogP contribution in [0.5, 0.6) is 0 Å². The van der Waals surface area contributed by atoms with Gasteiger partial charge in [-0.25, -0.2) is 4.39 Å². The fourth-order valence-electron chi connectivity index (χ4n) is 2.33. The van der Waals surface area contributed by atoms with Gasteiger partial charge in [0.15, 0.2) is 0 Å². The maximum Gasteiger partial charge on any atom is 0.231 e. The molecule has 0 bridgehead atoms. The first-order chi connectivity index (χ1) is 9.13. The highest BCUT2D eigenvalue weighted by atomic mass is 19.1. The number of benzene rings is 1. The van der Waals surface area contributed by atoms with Gasteiger partial charge in [0.05, 0.1) is 18.6 Å². The fourth-order valence-corrected chi connectivity index (χ4v) is 2.33. The van der Waals surface area contributed by atoms with E-state index in [2.05, 4.69) is 0 Å². The predicted octanol–water partition coefficient (Wildman–Crippen LogP) is 1.12. The van der Waals surface area contributed by atoms with Crippen molar-refractivity contribution >= 4 is 5.91 Å². The van der Waals surface area contributed by atoms with Gasteiger partial charge in [-0.2, -0.15) is 0 Å². The highest BCUT2D eigenvalue weighted by Crippen LogP contribution is 2.21. The number of halogens is 1. The van der Waals surface area contributed by atoms with E-state index in [1.807, 2.05) is 0 Å². The molecule has 1 heterocycles. The average molecular weight is 266 g/mol. The number of nitrogens with two attached hydrogens (primary N) is 1. The van der Waals surface area contributed by atoms with Crippen LogP contribution in [0.25, 0.3) is 0 Å². The van der Waals surface area contributed by atoms with Gasteiger partial charge in [-0.15, -0.1) is 0 Å². The van der Waals surface area contributed by atoms with E-state index in [1.54, 1.807) is 24.1 Å². The SMILES string of the molecule is CN(C(=O)[C@@H](CN)c1ccc(F)cc1)[C@@H]1CCOC1. The lowest BCUT2D eigenvalue weighted by molar-refractivity contribution is -0.133. The molecule has 2 N–H and O–H groups in total. The molecule has 1 aliphatic rings. The molecule has 0 aliphatic carbocycles. The third-order valence-corrected chi connectivity index (χ3v) is 3.61. The number of ether oxygens (including phenoxy) is 1. The summed E-state index contributed by atoms with van der Waals surface area (Å²) in [7, 11) is 1.77. The van der Waals surface area contributed by atoms with Gasteiger partial charge in [0, 0.05) is 20.2 Å². The van der Waals surface area contributed by atoms with Gasteiger partial charge >= 0.3 is 0 Å². The molecule has 0 aromatic heterocycles. The summed E-state index contributed by atoms with van der Waals surface area (Å²) in [5.41, 5.74) is 6.46. The topological polar surface area (TPSA) is 55.6 Å². The van der Waals surface area contributed by atoms with Gasteiger partial charge in [0.25, 0.3) is 0 Å². The van der Waals surface area contributed by atoms with Crippen molar-refractivity contribution in [2.45, 2.75) is 18.4 Å². The molecule has 19 heavy (non-hydrogen) atoms. The molecule has 0 spiro atoms.